The van der Waals surface area contributed by atoms with Crippen molar-refractivity contribution in [2.24, 2.45) is 0 Å². The molecule has 1 aliphatic heterocycles. The Balaban J connectivity index is 2.16. The van der Waals surface area contributed by atoms with Crippen molar-refractivity contribution in [2.75, 3.05) is 13.2 Å². The first-order chi connectivity index (χ1) is 7.79. The van der Waals surface area contributed by atoms with Gasteiger partial charge in [-0.15, -0.1) is 0 Å². The van der Waals surface area contributed by atoms with Crippen LogP contribution >= 0.6 is 0 Å². The monoisotopic (exact) mass is 227 g/mol. The Morgan fingerprint density at radius 3 is 2.94 bits per heavy atom. The van der Waals surface area contributed by atoms with Crippen molar-refractivity contribution in [1.82, 2.24) is 4.90 Å². The average Bonchev–Trinajstić information content (AvgIpc) is 2.76. The van der Waals surface area contributed by atoms with Crippen LogP contribution in [0.2, 0.25) is 0 Å². The van der Waals surface area contributed by atoms with Crippen molar-refractivity contribution >= 4 is 12.4 Å². The van der Waals surface area contributed by atoms with E-state index in [4.69, 9.17) is 4.74 Å². The lowest BCUT2D eigenvalue weighted by Crippen LogP contribution is -2.36. The van der Waals surface area contributed by atoms with Crippen LogP contribution in [0.1, 0.15) is 45.4 Å². The summed E-state index contributed by atoms with van der Waals surface area (Å²) in [5.41, 5.74) is 0. The van der Waals surface area contributed by atoms with Crippen LogP contribution in [0, 0.1) is 0 Å². The number of hydrogen-bond donors (Lipinski definition) is 0. The van der Waals surface area contributed by atoms with Gasteiger partial charge in [-0.1, -0.05) is 26.2 Å². The number of nitrogens with zero attached hydrogens (tertiary/aromatic N) is 1. The predicted molar refractivity (Wildman–Crippen MR) is 60.9 cm³/mol. The van der Waals surface area contributed by atoms with Gasteiger partial charge >= 0.3 is 5.97 Å². The van der Waals surface area contributed by atoms with Gasteiger partial charge in [-0.05, 0) is 19.3 Å². The average molecular weight is 227 g/mol. The Hall–Kier alpha value is -1.06. The summed E-state index contributed by atoms with van der Waals surface area (Å²) >= 11 is 0. The highest BCUT2D eigenvalue weighted by molar-refractivity contribution is 5.78. The van der Waals surface area contributed by atoms with Crippen LogP contribution in [0.15, 0.2) is 0 Å². The van der Waals surface area contributed by atoms with Crippen molar-refractivity contribution in [2.45, 2.75) is 51.5 Å². The van der Waals surface area contributed by atoms with Gasteiger partial charge in [0, 0.05) is 6.54 Å². The van der Waals surface area contributed by atoms with Crippen LogP contribution in [0.25, 0.3) is 0 Å². The summed E-state index contributed by atoms with van der Waals surface area (Å²) in [6.07, 6.45) is 6.77. The van der Waals surface area contributed by atoms with Gasteiger partial charge < -0.3 is 9.64 Å². The van der Waals surface area contributed by atoms with Gasteiger partial charge in [0.2, 0.25) is 6.41 Å². The zero-order chi connectivity index (χ0) is 11.8. The normalized spacial score (nSPS) is 19.8. The Kier molecular flexibility index (Phi) is 5.90. The van der Waals surface area contributed by atoms with Crippen molar-refractivity contribution in [3.63, 3.8) is 0 Å². The molecule has 0 aromatic heterocycles. The van der Waals surface area contributed by atoms with E-state index in [0.29, 0.717) is 13.2 Å². The van der Waals surface area contributed by atoms with E-state index in [1.807, 2.05) is 0 Å². The van der Waals surface area contributed by atoms with E-state index >= 15 is 0 Å². The highest BCUT2D eigenvalue weighted by Crippen LogP contribution is 2.16. The lowest BCUT2D eigenvalue weighted by Gasteiger charge is -2.18. The van der Waals surface area contributed by atoms with Gasteiger partial charge in [-0.25, -0.2) is 4.79 Å². The fourth-order valence-corrected chi connectivity index (χ4v) is 1.97. The molecule has 0 N–H and O–H groups in total. The molecule has 16 heavy (non-hydrogen) atoms. The Labute approximate surface area is 96.9 Å². The topological polar surface area (TPSA) is 46.6 Å². The highest BCUT2D eigenvalue weighted by atomic mass is 16.5. The maximum absolute atomic E-state index is 11.6. The summed E-state index contributed by atoms with van der Waals surface area (Å²) in [5.74, 6) is -0.235. The van der Waals surface area contributed by atoms with E-state index in [9.17, 15) is 9.59 Å². The van der Waals surface area contributed by atoms with Gasteiger partial charge in [0.25, 0.3) is 0 Å². The van der Waals surface area contributed by atoms with Gasteiger partial charge in [0.1, 0.15) is 6.04 Å². The van der Waals surface area contributed by atoms with Crippen LogP contribution in [0.3, 0.4) is 0 Å². The SMILES string of the molecule is CCCCCCOC(=O)[C@@H]1CCCN1C=O. The number of rotatable bonds is 7. The van der Waals surface area contributed by atoms with Crippen molar-refractivity contribution in [3.8, 4) is 0 Å². The lowest BCUT2D eigenvalue weighted by molar-refractivity contribution is -0.151. The van der Waals surface area contributed by atoms with E-state index in [-0.39, 0.29) is 12.0 Å². The minimum absolute atomic E-state index is 0.235. The molecule has 1 atom stereocenters. The summed E-state index contributed by atoms with van der Waals surface area (Å²) in [7, 11) is 0. The third kappa shape index (κ3) is 3.83. The highest BCUT2D eigenvalue weighted by Gasteiger charge is 2.30. The molecule has 0 aromatic carbocycles. The minimum Gasteiger partial charge on any atom is -0.464 e. The summed E-state index contributed by atoms with van der Waals surface area (Å²) in [5, 5.41) is 0. The third-order valence-corrected chi connectivity index (χ3v) is 2.94. The van der Waals surface area contributed by atoms with Crippen LogP contribution in [0.4, 0.5) is 0 Å². The molecule has 0 aliphatic carbocycles. The van der Waals surface area contributed by atoms with Crippen LogP contribution < -0.4 is 0 Å². The zero-order valence-corrected chi connectivity index (χ0v) is 9.98. The van der Waals surface area contributed by atoms with E-state index in [2.05, 4.69) is 6.92 Å². The number of carbonyl (C=O) groups excluding carboxylic acids is 2. The second-order valence-electron chi connectivity index (χ2n) is 4.23. The second kappa shape index (κ2) is 7.25. The zero-order valence-electron chi connectivity index (χ0n) is 9.98. The molecule has 0 radical (unpaired) electrons. The van der Waals surface area contributed by atoms with Gasteiger partial charge in [-0.3, -0.25) is 4.79 Å². The number of esters is 1. The Morgan fingerprint density at radius 1 is 1.44 bits per heavy atom. The fraction of sp³-hybridized carbons (Fsp3) is 0.833. The fourth-order valence-electron chi connectivity index (χ4n) is 1.97. The standard InChI is InChI=1S/C12H21NO3/c1-2-3-4-5-9-16-12(15)11-7-6-8-13(11)10-14/h10-11H,2-9H2,1H3/t11-/m0/s1. The molecule has 0 bridgehead atoms. The van der Waals surface area contributed by atoms with E-state index in [1.165, 1.54) is 17.7 Å². The molecule has 0 spiro atoms. The molecular formula is C12H21NO3. The molecule has 1 saturated heterocycles. The molecule has 0 saturated carbocycles. The van der Waals surface area contributed by atoms with Crippen molar-refractivity contribution < 1.29 is 14.3 Å². The first-order valence-electron chi connectivity index (χ1n) is 6.17. The molecule has 1 aliphatic rings. The Bertz CT molecular complexity index is 230. The van der Waals surface area contributed by atoms with Gasteiger partial charge in [-0.2, -0.15) is 0 Å². The lowest BCUT2D eigenvalue weighted by atomic mass is 10.2. The molecule has 0 unspecified atom stereocenters. The predicted octanol–water partition coefficient (Wildman–Crippen LogP) is 1.73. The number of likely N-dealkylation sites (tertiary alicyclic amines) is 1. The minimum atomic E-state index is -0.330. The molecule has 4 heteroatoms. The summed E-state index contributed by atoms with van der Waals surface area (Å²) in [4.78, 5) is 23.8. The summed E-state index contributed by atoms with van der Waals surface area (Å²) < 4.78 is 5.17. The first-order valence-corrected chi connectivity index (χ1v) is 6.17. The van der Waals surface area contributed by atoms with Gasteiger partial charge in [0.15, 0.2) is 0 Å². The molecule has 1 fully saturated rings. The molecule has 1 heterocycles. The summed E-state index contributed by atoms with van der Waals surface area (Å²) in [6, 6.07) is -0.330. The van der Waals surface area contributed by atoms with Crippen LogP contribution in [-0.4, -0.2) is 36.5 Å². The van der Waals surface area contributed by atoms with Gasteiger partial charge in [0.05, 0.1) is 6.61 Å². The van der Waals surface area contributed by atoms with E-state index in [1.54, 1.807) is 0 Å². The number of amides is 1. The number of ether oxygens (including phenoxy) is 1. The van der Waals surface area contributed by atoms with Crippen molar-refractivity contribution in [1.29, 1.82) is 0 Å². The van der Waals surface area contributed by atoms with E-state index < -0.39 is 0 Å². The van der Waals surface area contributed by atoms with Crippen LogP contribution in [-0.2, 0) is 14.3 Å². The molecule has 4 nitrogen and oxygen atoms in total. The molecule has 1 amide bonds. The molecule has 1 rings (SSSR count). The second-order valence-corrected chi connectivity index (χ2v) is 4.23. The Morgan fingerprint density at radius 2 is 2.25 bits per heavy atom. The number of unbranched alkanes of at least 4 members (excludes halogenated alkanes) is 3. The number of hydrogen-bond acceptors (Lipinski definition) is 3. The first kappa shape index (κ1) is 13.0. The largest absolute Gasteiger partial charge is 0.464 e. The maximum Gasteiger partial charge on any atom is 0.328 e. The third-order valence-electron chi connectivity index (χ3n) is 2.94. The maximum atomic E-state index is 11.6. The molecular weight excluding hydrogens is 206 g/mol. The molecule has 0 aromatic rings. The van der Waals surface area contributed by atoms with Crippen LogP contribution in [0.5, 0.6) is 0 Å². The quantitative estimate of drug-likeness (QED) is 0.378. The molecule has 92 valence electrons. The number of carbonyl (C=O) groups is 2. The summed E-state index contributed by atoms with van der Waals surface area (Å²) in [6.45, 7) is 3.31. The van der Waals surface area contributed by atoms with Crippen molar-refractivity contribution in [3.05, 3.63) is 0 Å². The van der Waals surface area contributed by atoms with E-state index in [0.717, 1.165) is 32.1 Å². The smallest absolute Gasteiger partial charge is 0.328 e.